The van der Waals surface area contributed by atoms with Crippen LogP contribution in [-0.2, 0) is 0 Å². The topological polar surface area (TPSA) is 52.6 Å². The number of hydrogen-bond donors (Lipinski definition) is 0. The van der Waals surface area contributed by atoms with Crippen LogP contribution in [0.1, 0.15) is 20.7 Å². The third-order valence-corrected chi connectivity index (χ3v) is 3.61. The van der Waals surface area contributed by atoms with Crippen LogP contribution >= 0.6 is 0 Å². The highest BCUT2D eigenvalue weighted by Crippen LogP contribution is 2.28. The van der Waals surface area contributed by atoms with Crippen LogP contribution in [0.2, 0.25) is 0 Å². The number of benzene rings is 3. The normalized spacial score (nSPS) is 12.0. The Balaban J connectivity index is 0.000000149. The summed E-state index contributed by atoms with van der Waals surface area (Å²) in [6.07, 6.45) is 1.63. The van der Waals surface area contributed by atoms with Gasteiger partial charge in [0.2, 0.25) is 0 Å². The number of ether oxygens (including phenoxy) is 2. The molecule has 0 spiro atoms. The molecule has 0 bridgehead atoms. The zero-order valence-corrected chi connectivity index (χ0v) is 13.0. The Morgan fingerprint density at radius 3 is 1.54 bits per heavy atom. The summed E-state index contributed by atoms with van der Waals surface area (Å²) in [5.41, 5.74) is 1.30. The molecule has 0 fully saturated rings. The Kier molecular flexibility index (Phi) is 4.87. The lowest BCUT2D eigenvalue weighted by Crippen LogP contribution is -2.14. The Labute approximate surface area is 139 Å². The quantitative estimate of drug-likeness (QED) is 0.672. The molecule has 0 saturated carbocycles. The number of fused-ring (bicyclic) bond motifs is 2. The van der Waals surface area contributed by atoms with E-state index in [2.05, 4.69) is 0 Å². The van der Waals surface area contributed by atoms with E-state index < -0.39 is 0 Å². The lowest BCUT2D eigenvalue weighted by Gasteiger charge is -2.17. The van der Waals surface area contributed by atoms with Gasteiger partial charge in [0.1, 0.15) is 25.8 Å². The third-order valence-electron chi connectivity index (χ3n) is 3.61. The van der Waals surface area contributed by atoms with Crippen LogP contribution < -0.4 is 9.47 Å². The summed E-state index contributed by atoms with van der Waals surface area (Å²) in [6.45, 7) is 1.33. The molecule has 4 nitrogen and oxygen atoms in total. The maximum absolute atomic E-state index is 10.5. The van der Waals surface area contributed by atoms with E-state index in [1.54, 1.807) is 24.3 Å². The maximum atomic E-state index is 10.5. The molecule has 0 radical (unpaired) electrons. The minimum atomic E-state index is 0.649. The van der Waals surface area contributed by atoms with Crippen molar-refractivity contribution in [3.63, 3.8) is 0 Å². The first-order valence-corrected chi connectivity index (χ1v) is 7.59. The molecule has 3 aromatic carbocycles. The highest BCUT2D eigenvalue weighted by atomic mass is 16.6. The smallest absolute Gasteiger partial charge is 0.161 e. The molecule has 0 aliphatic carbocycles. The number of rotatable bonds is 2. The summed E-state index contributed by atoms with van der Waals surface area (Å²) in [5.74, 6) is 1.71. The van der Waals surface area contributed by atoms with Crippen molar-refractivity contribution < 1.29 is 19.1 Å². The van der Waals surface area contributed by atoms with Crippen molar-refractivity contribution in [1.82, 2.24) is 0 Å². The van der Waals surface area contributed by atoms with Crippen molar-refractivity contribution in [3.8, 4) is 11.5 Å². The fraction of sp³-hybridized carbons (Fsp3) is 0.100. The minimum Gasteiger partial charge on any atom is -0.486 e. The van der Waals surface area contributed by atoms with E-state index in [0.717, 1.165) is 34.8 Å². The van der Waals surface area contributed by atoms with Crippen molar-refractivity contribution in [2.45, 2.75) is 0 Å². The van der Waals surface area contributed by atoms with Crippen molar-refractivity contribution in [1.29, 1.82) is 0 Å². The zero-order chi connectivity index (χ0) is 16.8. The van der Waals surface area contributed by atoms with Crippen LogP contribution in [0, 0.1) is 0 Å². The average molecular weight is 320 g/mol. The first-order valence-electron chi connectivity index (χ1n) is 7.59. The van der Waals surface area contributed by atoms with E-state index in [-0.39, 0.29) is 0 Å². The van der Waals surface area contributed by atoms with Gasteiger partial charge in [0, 0.05) is 11.1 Å². The summed E-state index contributed by atoms with van der Waals surface area (Å²) in [4.78, 5) is 21.0. The van der Waals surface area contributed by atoms with Gasteiger partial charge in [0.25, 0.3) is 0 Å². The monoisotopic (exact) mass is 320 g/mol. The van der Waals surface area contributed by atoms with Crippen molar-refractivity contribution in [2.75, 3.05) is 13.2 Å². The highest BCUT2D eigenvalue weighted by Gasteiger charge is 2.08. The summed E-state index contributed by atoms with van der Waals surface area (Å²) in [5, 5.41) is 1.94. The zero-order valence-electron chi connectivity index (χ0n) is 13.0. The molecule has 4 heteroatoms. The van der Waals surface area contributed by atoms with Crippen LogP contribution in [0.25, 0.3) is 10.8 Å². The Morgan fingerprint density at radius 1 is 0.667 bits per heavy atom. The fourth-order valence-electron chi connectivity index (χ4n) is 2.42. The van der Waals surface area contributed by atoms with E-state index in [4.69, 9.17) is 9.47 Å². The molecule has 0 N–H and O–H groups in total. The van der Waals surface area contributed by atoms with Gasteiger partial charge in [-0.2, -0.15) is 0 Å². The van der Waals surface area contributed by atoms with Gasteiger partial charge >= 0.3 is 0 Å². The number of carbonyl (C=O) groups is 2. The number of para-hydroxylation sites is 2. The summed E-state index contributed by atoms with van der Waals surface area (Å²) >= 11 is 0. The fourth-order valence-corrected chi connectivity index (χ4v) is 2.42. The van der Waals surface area contributed by atoms with Crippen LogP contribution in [0.4, 0.5) is 0 Å². The van der Waals surface area contributed by atoms with Gasteiger partial charge < -0.3 is 9.47 Å². The predicted molar refractivity (Wildman–Crippen MR) is 92.2 cm³/mol. The summed E-state index contributed by atoms with van der Waals surface area (Å²) < 4.78 is 10.6. The molecule has 24 heavy (non-hydrogen) atoms. The number of aldehydes is 2. The largest absolute Gasteiger partial charge is 0.486 e. The molecule has 0 unspecified atom stereocenters. The number of hydrogen-bond acceptors (Lipinski definition) is 4. The van der Waals surface area contributed by atoms with E-state index in [0.29, 0.717) is 24.3 Å². The molecule has 1 aliphatic heterocycles. The molecule has 4 rings (SSSR count). The Hall–Kier alpha value is -3.14. The van der Waals surface area contributed by atoms with E-state index in [9.17, 15) is 9.59 Å². The molecule has 0 aromatic heterocycles. The van der Waals surface area contributed by atoms with Crippen LogP contribution in [0.3, 0.4) is 0 Å². The second-order valence-corrected chi connectivity index (χ2v) is 5.25. The third kappa shape index (κ3) is 3.60. The summed E-state index contributed by atoms with van der Waals surface area (Å²) in [6, 6.07) is 18.5. The van der Waals surface area contributed by atoms with Gasteiger partial charge in [0.05, 0.1) is 0 Å². The van der Waals surface area contributed by atoms with E-state index >= 15 is 0 Å². The molecule has 120 valence electrons. The first kappa shape index (κ1) is 15.7. The van der Waals surface area contributed by atoms with Crippen molar-refractivity contribution in [2.24, 2.45) is 0 Å². The molecular formula is C20H16O4. The SMILES string of the molecule is O=Cc1ccc2cc(C=O)ccc2c1.c1ccc2c(c1)OCCO2. The second-order valence-electron chi connectivity index (χ2n) is 5.25. The van der Waals surface area contributed by atoms with Gasteiger partial charge in [-0.15, -0.1) is 0 Å². The predicted octanol–water partition coefficient (Wildman–Crippen LogP) is 3.92. The molecule has 1 heterocycles. The van der Waals surface area contributed by atoms with E-state index in [1.165, 1.54) is 0 Å². The van der Waals surface area contributed by atoms with E-state index in [1.807, 2.05) is 36.4 Å². The van der Waals surface area contributed by atoms with Gasteiger partial charge in [-0.05, 0) is 35.0 Å². The molecule has 0 saturated heterocycles. The molecule has 3 aromatic rings. The van der Waals surface area contributed by atoms with Crippen molar-refractivity contribution >= 4 is 23.3 Å². The lowest BCUT2D eigenvalue weighted by atomic mass is 10.1. The standard InChI is InChI=1S/C12H8O2.C8H8O2/c13-7-9-1-3-11-6-10(8-14)2-4-12(11)5-9;1-2-4-8-7(3-1)9-5-6-10-8/h1-8H;1-4H,5-6H2. The highest BCUT2D eigenvalue weighted by molar-refractivity contribution is 5.92. The average Bonchev–Trinajstić information content (AvgIpc) is 2.67. The van der Waals surface area contributed by atoms with Crippen LogP contribution in [0.5, 0.6) is 11.5 Å². The molecular weight excluding hydrogens is 304 g/mol. The van der Waals surface area contributed by atoms with Gasteiger partial charge in [-0.1, -0.05) is 36.4 Å². The first-order chi connectivity index (χ1) is 11.8. The second kappa shape index (κ2) is 7.42. The Morgan fingerprint density at radius 2 is 1.12 bits per heavy atom. The van der Waals surface area contributed by atoms with Crippen molar-refractivity contribution in [3.05, 3.63) is 71.8 Å². The molecule has 0 atom stereocenters. The lowest BCUT2D eigenvalue weighted by molar-refractivity contribution is 0.111. The van der Waals surface area contributed by atoms with Crippen LogP contribution in [-0.4, -0.2) is 25.8 Å². The minimum absolute atomic E-state index is 0.649. The van der Waals surface area contributed by atoms with Gasteiger partial charge in [-0.3, -0.25) is 9.59 Å². The number of carbonyl (C=O) groups excluding carboxylic acids is 2. The van der Waals surface area contributed by atoms with Gasteiger partial charge in [0.15, 0.2) is 11.5 Å². The Bertz CT molecular complexity index is 798. The summed E-state index contributed by atoms with van der Waals surface area (Å²) in [7, 11) is 0. The van der Waals surface area contributed by atoms with Crippen LogP contribution in [0.15, 0.2) is 60.7 Å². The van der Waals surface area contributed by atoms with Gasteiger partial charge in [-0.25, -0.2) is 0 Å². The maximum Gasteiger partial charge on any atom is 0.161 e. The molecule has 0 amide bonds. The molecule has 1 aliphatic rings.